The van der Waals surface area contributed by atoms with E-state index in [2.05, 4.69) is 31.2 Å². The molecule has 1 aromatic rings. The maximum atomic E-state index is 10.7. The van der Waals surface area contributed by atoms with Crippen molar-refractivity contribution in [3.8, 4) is 0 Å². The summed E-state index contributed by atoms with van der Waals surface area (Å²) in [5.74, 6) is -0.0692. The molecule has 0 saturated heterocycles. The van der Waals surface area contributed by atoms with Crippen LogP contribution in [0.2, 0.25) is 0 Å². The number of nitroso groups, excluding NO2 is 1. The summed E-state index contributed by atoms with van der Waals surface area (Å²) in [7, 11) is 0. The van der Waals surface area contributed by atoms with Crippen LogP contribution in [0.3, 0.4) is 0 Å². The number of hydrogen-bond donors (Lipinski definition) is 0. The van der Waals surface area contributed by atoms with E-state index in [1.807, 2.05) is 12.1 Å². The van der Waals surface area contributed by atoms with Gasteiger partial charge >= 0.3 is 0 Å². The average molecular weight is 205 g/mol. The Morgan fingerprint density at radius 2 is 1.87 bits per heavy atom. The molecule has 1 rings (SSSR count). The normalized spacial score (nSPS) is 10.3. The van der Waals surface area contributed by atoms with E-state index in [0.29, 0.717) is 12.3 Å². The molecule has 0 heterocycles. The standard InChI is InChI=1S/C12H15NO2/c1-9(2)11-6-3-10(4-7-11)5-8-12(14)13-15/h3-4,6-7,9H,5,8H2,1-2H3. The molecular formula is C12H15NO2. The molecule has 80 valence electrons. The smallest absolute Gasteiger partial charge is 0.269 e. The number of aryl methyl sites for hydroxylation is 1. The lowest BCUT2D eigenvalue weighted by Crippen LogP contribution is -1.95. The largest absolute Gasteiger partial charge is 0.286 e. The van der Waals surface area contributed by atoms with Gasteiger partial charge in [0.25, 0.3) is 5.91 Å². The van der Waals surface area contributed by atoms with E-state index in [0.717, 1.165) is 5.56 Å². The number of rotatable bonds is 4. The predicted octanol–water partition coefficient (Wildman–Crippen LogP) is 3.04. The highest BCUT2D eigenvalue weighted by Crippen LogP contribution is 2.15. The molecule has 0 aromatic heterocycles. The third kappa shape index (κ3) is 3.62. The van der Waals surface area contributed by atoms with Gasteiger partial charge < -0.3 is 0 Å². The zero-order valence-corrected chi connectivity index (χ0v) is 9.06. The van der Waals surface area contributed by atoms with Gasteiger partial charge in [0, 0.05) is 11.6 Å². The third-order valence-electron chi connectivity index (χ3n) is 2.38. The molecule has 1 amide bonds. The van der Waals surface area contributed by atoms with Gasteiger partial charge in [0.1, 0.15) is 0 Å². The van der Waals surface area contributed by atoms with Gasteiger partial charge in [-0.15, -0.1) is 4.91 Å². The number of carbonyl (C=O) groups excluding carboxylic acids is 1. The van der Waals surface area contributed by atoms with Crippen molar-refractivity contribution < 1.29 is 4.79 Å². The SMILES string of the molecule is CC(C)c1ccc(CCC(=O)N=O)cc1. The Hall–Kier alpha value is -1.51. The Bertz CT molecular complexity index is 341. The molecule has 0 aliphatic rings. The Morgan fingerprint density at radius 1 is 1.27 bits per heavy atom. The topological polar surface area (TPSA) is 46.5 Å². The lowest BCUT2D eigenvalue weighted by Gasteiger charge is -2.05. The molecule has 0 saturated carbocycles. The molecule has 3 nitrogen and oxygen atoms in total. The van der Waals surface area contributed by atoms with Crippen molar-refractivity contribution in [2.45, 2.75) is 32.6 Å². The van der Waals surface area contributed by atoms with Gasteiger partial charge in [0.15, 0.2) is 0 Å². The van der Waals surface area contributed by atoms with Crippen molar-refractivity contribution in [1.82, 2.24) is 0 Å². The maximum absolute atomic E-state index is 10.7. The first-order chi connectivity index (χ1) is 7.13. The van der Waals surface area contributed by atoms with E-state index in [1.54, 1.807) is 0 Å². The van der Waals surface area contributed by atoms with E-state index in [4.69, 9.17) is 0 Å². The zero-order chi connectivity index (χ0) is 11.3. The maximum Gasteiger partial charge on any atom is 0.286 e. The minimum Gasteiger partial charge on any atom is -0.269 e. The molecule has 0 N–H and O–H groups in total. The van der Waals surface area contributed by atoms with Crippen molar-refractivity contribution in [3.05, 3.63) is 40.3 Å². The molecule has 0 unspecified atom stereocenters. The molecule has 1 aromatic carbocycles. The molecule has 0 fully saturated rings. The van der Waals surface area contributed by atoms with Gasteiger partial charge in [0.2, 0.25) is 0 Å². The summed E-state index contributed by atoms with van der Waals surface area (Å²) in [6.07, 6.45) is 0.785. The van der Waals surface area contributed by atoms with Crippen LogP contribution >= 0.6 is 0 Å². The summed E-state index contributed by atoms with van der Waals surface area (Å²) in [6, 6.07) is 8.10. The number of hydrogen-bond acceptors (Lipinski definition) is 2. The molecule has 0 aliphatic heterocycles. The van der Waals surface area contributed by atoms with E-state index < -0.39 is 5.91 Å². The van der Waals surface area contributed by atoms with Crippen molar-refractivity contribution >= 4 is 5.91 Å². The Kier molecular flexibility index (Phi) is 4.16. The summed E-state index contributed by atoms with van der Waals surface area (Å²) in [4.78, 5) is 20.6. The van der Waals surface area contributed by atoms with Crippen molar-refractivity contribution in [1.29, 1.82) is 0 Å². The van der Waals surface area contributed by atoms with Crippen molar-refractivity contribution in [2.75, 3.05) is 0 Å². The number of nitrogens with zero attached hydrogens (tertiary/aromatic N) is 1. The van der Waals surface area contributed by atoms with Crippen LogP contribution in [0.15, 0.2) is 29.4 Å². The van der Waals surface area contributed by atoms with Crippen LogP contribution in [0, 0.1) is 4.91 Å². The van der Waals surface area contributed by atoms with Crippen molar-refractivity contribution in [3.63, 3.8) is 0 Å². The van der Waals surface area contributed by atoms with Gasteiger partial charge in [-0.1, -0.05) is 38.1 Å². The predicted molar refractivity (Wildman–Crippen MR) is 59.7 cm³/mol. The fourth-order valence-corrected chi connectivity index (χ4v) is 1.37. The molecule has 15 heavy (non-hydrogen) atoms. The van der Waals surface area contributed by atoms with Gasteiger partial charge in [-0.2, -0.15) is 0 Å². The second kappa shape index (κ2) is 5.39. The van der Waals surface area contributed by atoms with Crippen LogP contribution in [-0.2, 0) is 11.2 Å². The highest BCUT2D eigenvalue weighted by Gasteiger charge is 2.02. The Labute approximate surface area is 89.5 Å². The second-order valence-corrected chi connectivity index (χ2v) is 3.88. The lowest BCUT2D eigenvalue weighted by atomic mass is 10.0. The lowest BCUT2D eigenvalue weighted by molar-refractivity contribution is -0.117. The summed E-state index contributed by atoms with van der Waals surface area (Å²) in [6.45, 7) is 4.27. The highest BCUT2D eigenvalue weighted by molar-refractivity contribution is 5.76. The average Bonchev–Trinajstić information content (AvgIpc) is 2.26. The quantitative estimate of drug-likeness (QED) is 0.709. The first-order valence-corrected chi connectivity index (χ1v) is 5.08. The summed E-state index contributed by atoms with van der Waals surface area (Å²) < 4.78 is 0. The number of amides is 1. The minimum absolute atomic E-state index is 0.199. The van der Waals surface area contributed by atoms with Crippen LogP contribution < -0.4 is 0 Å². The molecular weight excluding hydrogens is 190 g/mol. The van der Waals surface area contributed by atoms with Crippen LogP contribution in [0.25, 0.3) is 0 Å². The first-order valence-electron chi connectivity index (χ1n) is 5.08. The molecule has 0 radical (unpaired) electrons. The molecule has 0 atom stereocenters. The van der Waals surface area contributed by atoms with Gasteiger partial charge in [-0.3, -0.25) is 4.79 Å². The summed E-state index contributed by atoms with van der Waals surface area (Å²) >= 11 is 0. The third-order valence-corrected chi connectivity index (χ3v) is 2.38. The summed E-state index contributed by atoms with van der Waals surface area (Å²) in [5.41, 5.74) is 2.34. The van der Waals surface area contributed by atoms with Crippen LogP contribution in [-0.4, -0.2) is 5.91 Å². The molecule has 0 aliphatic carbocycles. The van der Waals surface area contributed by atoms with Crippen LogP contribution in [0.5, 0.6) is 0 Å². The van der Waals surface area contributed by atoms with Gasteiger partial charge in [0.05, 0.1) is 0 Å². The number of carbonyl (C=O) groups is 1. The Balaban J connectivity index is 2.57. The van der Waals surface area contributed by atoms with E-state index >= 15 is 0 Å². The van der Waals surface area contributed by atoms with E-state index in [1.165, 1.54) is 5.56 Å². The van der Waals surface area contributed by atoms with Gasteiger partial charge in [-0.25, -0.2) is 0 Å². The fraction of sp³-hybridized carbons (Fsp3) is 0.417. The van der Waals surface area contributed by atoms with E-state index in [-0.39, 0.29) is 6.42 Å². The zero-order valence-electron chi connectivity index (χ0n) is 9.06. The monoisotopic (exact) mass is 205 g/mol. The van der Waals surface area contributed by atoms with Crippen LogP contribution in [0.1, 0.15) is 37.3 Å². The fourth-order valence-electron chi connectivity index (χ4n) is 1.37. The highest BCUT2D eigenvalue weighted by atomic mass is 16.3. The van der Waals surface area contributed by atoms with Gasteiger partial charge in [-0.05, 0) is 23.5 Å². The summed E-state index contributed by atoms with van der Waals surface area (Å²) in [5, 5.41) is 2.36. The van der Waals surface area contributed by atoms with E-state index in [9.17, 15) is 9.70 Å². The molecule has 0 bridgehead atoms. The number of benzene rings is 1. The van der Waals surface area contributed by atoms with Crippen LogP contribution in [0.4, 0.5) is 0 Å². The Morgan fingerprint density at radius 3 is 2.33 bits per heavy atom. The second-order valence-electron chi connectivity index (χ2n) is 3.88. The molecule has 0 spiro atoms. The molecule has 3 heteroatoms. The minimum atomic E-state index is -0.581. The van der Waals surface area contributed by atoms with Crippen molar-refractivity contribution in [2.24, 2.45) is 5.18 Å². The first kappa shape index (κ1) is 11.6.